The van der Waals surface area contributed by atoms with Crippen LogP contribution >= 0.6 is 11.8 Å². The molecular formula is C13H16N4O3S2. The number of sulfonamides is 1. The Balaban J connectivity index is 2.17. The molecule has 0 radical (unpaired) electrons. The third-order valence-electron chi connectivity index (χ3n) is 2.73. The summed E-state index contributed by atoms with van der Waals surface area (Å²) in [6, 6.07) is 6.99. The monoisotopic (exact) mass is 340 g/mol. The van der Waals surface area contributed by atoms with Crippen molar-refractivity contribution in [2.75, 3.05) is 10.5 Å². The van der Waals surface area contributed by atoms with Gasteiger partial charge in [-0.3, -0.25) is 14.2 Å². The van der Waals surface area contributed by atoms with Gasteiger partial charge in [-0.05, 0) is 12.1 Å². The SMILES string of the molecule is Cn1cc(S(=O)(=O)Nc2ccccc2SCCC(N)=O)cn1. The Labute approximate surface area is 132 Å². The number of aryl methyl sites for hydroxylation is 1. The van der Waals surface area contributed by atoms with Crippen molar-refractivity contribution in [3.63, 3.8) is 0 Å². The number of thioether (sulfide) groups is 1. The number of hydrogen-bond donors (Lipinski definition) is 2. The third kappa shape index (κ3) is 4.25. The Morgan fingerprint density at radius 3 is 2.77 bits per heavy atom. The fourth-order valence-electron chi connectivity index (χ4n) is 1.68. The van der Waals surface area contributed by atoms with Crippen LogP contribution in [0.2, 0.25) is 0 Å². The van der Waals surface area contributed by atoms with Gasteiger partial charge in [0.05, 0.1) is 11.9 Å². The lowest BCUT2D eigenvalue weighted by molar-refractivity contribution is -0.117. The van der Waals surface area contributed by atoms with Gasteiger partial charge in [0.25, 0.3) is 10.0 Å². The normalized spacial score (nSPS) is 11.3. The molecule has 1 amide bonds. The molecule has 0 bridgehead atoms. The van der Waals surface area contributed by atoms with Crippen molar-refractivity contribution in [1.82, 2.24) is 9.78 Å². The van der Waals surface area contributed by atoms with E-state index in [4.69, 9.17) is 5.73 Å². The summed E-state index contributed by atoms with van der Waals surface area (Å²) < 4.78 is 28.6. The summed E-state index contributed by atoms with van der Waals surface area (Å²) in [5.74, 6) is 0.0990. The number of carbonyl (C=O) groups is 1. The minimum absolute atomic E-state index is 0.0898. The lowest BCUT2D eigenvalue weighted by Crippen LogP contribution is -2.13. The van der Waals surface area contributed by atoms with E-state index in [9.17, 15) is 13.2 Å². The van der Waals surface area contributed by atoms with Crippen LogP contribution in [0, 0.1) is 0 Å². The molecule has 0 atom stereocenters. The second-order valence-corrected chi connectivity index (χ2v) is 7.34. The zero-order valence-electron chi connectivity index (χ0n) is 11.9. The van der Waals surface area contributed by atoms with Gasteiger partial charge in [-0.1, -0.05) is 12.1 Å². The Morgan fingerprint density at radius 2 is 2.14 bits per heavy atom. The highest BCUT2D eigenvalue weighted by molar-refractivity contribution is 7.99. The number of nitrogens with one attached hydrogen (secondary N) is 1. The largest absolute Gasteiger partial charge is 0.370 e. The minimum Gasteiger partial charge on any atom is -0.370 e. The van der Waals surface area contributed by atoms with Crippen LogP contribution in [0.1, 0.15) is 6.42 Å². The predicted molar refractivity (Wildman–Crippen MR) is 85.0 cm³/mol. The second kappa shape index (κ2) is 6.84. The molecule has 1 aromatic heterocycles. The first kappa shape index (κ1) is 16.4. The highest BCUT2D eigenvalue weighted by Crippen LogP contribution is 2.29. The first-order chi connectivity index (χ1) is 10.4. The van der Waals surface area contributed by atoms with Gasteiger partial charge in [0.15, 0.2) is 0 Å². The standard InChI is InChI=1S/C13H16N4O3S2/c1-17-9-10(8-15-17)22(19,20)16-11-4-2-3-5-12(11)21-7-6-13(14)18/h2-5,8-9,16H,6-7H2,1H3,(H2,14,18). The maximum atomic E-state index is 12.3. The molecule has 0 fully saturated rings. The van der Waals surface area contributed by atoms with Crippen molar-refractivity contribution >= 4 is 33.4 Å². The molecule has 2 rings (SSSR count). The molecule has 22 heavy (non-hydrogen) atoms. The lowest BCUT2D eigenvalue weighted by Gasteiger charge is -2.11. The van der Waals surface area contributed by atoms with E-state index in [-0.39, 0.29) is 17.2 Å². The minimum atomic E-state index is -3.69. The zero-order chi connectivity index (χ0) is 16.2. The lowest BCUT2D eigenvalue weighted by atomic mass is 10.3. The number of primary amides is 1. The molecule has 0 saturated carbocycles. The topological polar surface area (TPSA) is 107 Å². The molecule has 0 aliphatic rings. The molecule has 0 aliphatic carbocycles. The highest BCUT2D eigenvalue weighted by Gasteiger charge is 2.17. The highest BCUT2D eigenvalue weighted by atomic mass is 32.2. The van der Waals surface area contributed by atoms with Gasteiger partial charge in [-0.2, -0.15) is 5.10 Å². The number of amides is 1. The first-order valence-electron chi connectivity index (χ1n) is 6.40. The molecule has 7 nitrogen and oxygen atoms in total. The Bertz CT molecular complexity index is 771. The summed E-state index contributed by atoms with van der Waals surface area (Å²) in [6.07, 6.45) is 2.94. The van der Waals surface area contributed by atoms with Crippen LogP contribution in [0.5, 0.6) is 0 Å². The van der Waals surface area contributed by atoms with E-state index >= 15 is 0 Å². The molecule has 1 aromatic carbocycles. The van der Waals surface area contributed by atoms with Crippen molar-refractivity contribution in [3.05, 3.63) is 36.7 Å². The van der Waals surface area contributed by atoms with Gasteiger partial charge >= 0.3 is 0 Å². The van der Waals surface area contributed by atoms with E-state index in [0.29, 0.717) is 11.4 Å². The molecule has 9 heteroatoms. The molecule has 118 valence electrons. The van der Waals surface area contributed by atoms with Gasteiger partial charge < -0.3 is 5.73 Å². The molecule has 3 N–H and O–H groups in total. The van der Waals surface area contributed by atoms with Crippen molar-refractivity contribution in [1.29, 1.82) is 0 Å². The Hall–Kier alpha value is -2.00. The maximum Gasteiger partial charge on any atom is 0.265 e. The van der Waals surface area contributed by atoms with Gasteiger partial charge in [0, 0.05) is 30.3 Å². The summed E-state index contributed by atoms with van der Waals surface area (Å²) in [5, 5.41) is 3.86. The molecule has 1 heterocycles. The Morgan fingerprint density at radius 1 is 1.41 bits per heavy atom. The fourth-order valence-corrected chi connectivity index (χ4v) is 3.78. The summed E-state index contributed by atoms with van der Waals surface area (Å²) in [5.41, 5.74) is 5.56. The second-order valence-electron chi connectivity index (χ2n) is 4.52. The molecule has 0 spiro atoms. The number of benzene rings is 1. The van der Waals surface area contributed by atoms with Crippen molar-refractivity contribution < 1.29 is 13.2 Å². The van der Waals surface area contributed by atoms with Gasteiger partial charge in [0.1, 0.15) is 4.90 Å². The molecule has 0 aliphatic heterocycles. The van der Waals surface area contributed by atoms with Crippen molar-refractivity contribution in [2.45, 2.75) is 16.2 Å². The van der Waals surface area contributed by atoms with Crippen LogP contribution in [0.25, 0.3) is 0 Å². The summed E-state index contributed by atoms with van der Waals surface area (Å²) >= 11 is 1.37. The predicted octanol–water partition coefficient (Wildman–Crippen LogP) is 1.19. The third-order valence-corrected chi connectivity index (χ3v) is 5.12. The number of para-hydroxylation sites is 1. The number of nitrogens with two attached hydrogens (primary N) is 1. The average molecular weight is 340 g/mol. The fraction of sp³-hybridized carbons (Fsp3) is 0.231. The number of aromatic nitrogens is 2. The van der Waals surface area contributed by atoms with Crippen molar-refractivity contribution in [3.8, 4) is 0 Å². The first-order valence-corrected chi connectivity index (χ1v) is 8.87. The van der Waals surface area contributed by atoms with E-state index in [1.807, 2.05) is 0 Å². The summed E-state index contributed by atoms with van der Waals surface area (Å²) in [6.45, 7) is 0. The average Bonchev–Trinajstić information content (AvgIpc) is 2.87. The Kier molecular flexibility index (Phi) is 5.09. The van der Waals surface area contributed by atoms with E-state index in [1.165, 1.54) is 28.8 Å². The van der Waals surface area contributed by atoms with Gasteiger partial charge in [0.2, 0.25) is 5.91 Å². The van der Waals surface area contributed by atoms with Crippen LogP contribution in [-0.4, -0.2) is 29.9 Å². The van der Waals surface area contributed by atoms with Crippen molar-refractivity contribution in [2.24, 2.45) is 12.8 Å². The molecule has 2 aromatic rings. The maximum absolute atomic E-state index is 12.3. The molecular weight excluding hydrogens is 324 g/mol. The summed E-state index contributed by atoms with van der Waals surface area (Å²) in [4.78, 5) is 11.6. The quantitative estimate of drug-likeness (QED) is 0.736. The van der Waals surface area contributed by atoms with Gasteiger partial charge in [-0.25, -0.2) is 8.42 Å². The number of carbonyl (C=O) groups excluding carboxylic acids is 1. The number of nitrogens with zero attached hydrogens (tertiary/aromatic N) is 2. The number of anilines is 1. The smallest absolute Gasteiger partial charge is 0.265 e. The summed E-state index contributed by atoms with van der Waals surface area (Å²) in [7, 11) is -2.05. The zero-order valence-corrected chi connectivity index (χ0v) is 13.5. The van der Waals surface area contributed by atoms with Crippen LogP contribution in [0.15, 0.2) is 46.5 Å². The molecule has 0 unspecified atom stereocenters. The van der Waals surface area contributed by atoms with Gasteiger partial charge in [-0.15, -0.1) is 11.8 Å². The number of rotatable bonds is 7. The number of hydrogen-bond acceptors (Lipinski definition) is 5. The molecule has 0 saturated heterocycles. The van der Waals surface area contributed by atoms with E-state index < -0.39 is 10.0 Å². The van der Waals surface area contributed by atoms with E-state index in [1.54, 1.807) is 31.3 Å². The van der Waals surface area contributed by atoms with Crippen LogP contribution in [0.3, 0.4) is 0 Å². The van der Waals surface area contributed by atoms with E-state index in [2.05, 4.69) is 9.82 Å². The van der Waals surface area contributed by atoms with E-state index in [0.717, 1.165) is 4.90 Å². The van der Waals surface area contributed by atoms with Crippen LogP contribution < -0.4 is 10.5 Å². The van der Waals surface area contributed by atoms with Crippen LogP contribution in [-0.2, 0) is 21.9 Å². The van der Waals surface area contributed by atoms with Crippen LogP contribution in [0.4, 0.5) is 5.69 Å².